The number of ether oxygens (including phenoxy) is 4. The molecule has 3 saturated carbocycles. The highest BCUT2D eigenvalue weighted by molar-refractivity contribution is 5.96. The number of amides is 2. The van der Waals surface area contributed by atoms with Gasteiger partial charge in [0.15, 0.2) is 11.8 Å². The predicted octanol–water partition coefficient (Wildman–Crippen LogP) is 3.21. The van der Waals surface area contributed by atoms with Crippen LogP contribution in [0.1, 0.15) is 89.3 Å². The minimum Gasteiger partial charge on any atom is -0.508 e. The van der Waals surface area contributed by atoms with Crippen LogP contribution in [0.25, 0.3) is 6.08 Å². The van der Waals surface area contributed by atoms with E-state index in [1.165, 1.54) is 12.0 Å². The van der Waals surface area contributed by atoms with Gasteiger partial charge in [-0.2, -0.15) is 5.06 Å². The molecule has 3 aliphatic carbocycles. The predicted molar refractivity (Wildman–Crippen MR) is 214 cm³/mol. The first-order valence-electron chi connectivity index (χ1n) is 21.3. The van der Waals surface area contributed by atoms with Gasteiger partial charge in [-0.15, -0.1) is 0 Å². The Kier molecular flexibility index (Phi) is 11.6. The van der Waals surface area contributed by atoms with Crippen molar-refractivity contribution in [2.45, 2.75) is 146 Å². The normalized spacial score (nSPS) is 29.6. The van der Waals surface area contributed by atoms with Gasteiger partial charge >= 0.3 is 11.9 Å². The van der Waals surface area contributed by atoms with Crippen molar-refractivity contribution >= 4 is 29.8 Å². The van der Waals surface area contributed by atoms with Gasteiger partial charge in [-0.25, -0.2) is 0 Å². The molecule has 15 nitrogen and oxygen atoms in total. The SMILES string of the molecule is C[C@H](O)[C@@H](NC(=O)[C@@]12C[C@H]3OC(=O)[C@@H]1N(Cc1ccc(C=CCc4ccccc4O)cc1)O[C@@H]2[C@H]1OC(C2CC2)(C2CC2)O[C@H]13)C(=O)N[C@H](CO)CCC(=O)OC(C)(C)C. The van der Waals surface area contributed by atoms with Crippen molar-refractivity contribution in [3.8, 4) is 5.75 Å². The number of allylic oxidation sites excluding steroid dienone is 1. The van der Waals surface area contributed by atoms with Crippen LogP contribution in [0, 0.1) is 17.3 Å². The van der Waals surface area contributed by atoms with Crippen LogP contribution in [0.3, 0.4) is 0 Å². The number of nitrogens with one attached hydrogen (secondary N) is 2. The summed E-state index contributed by atoms with van der Waals surface area (Å²) in [5.74, 6) is -2.86. The number of hydrogen-bond acceptors (Lipinski definition) is 13. The molecule has 2 aromatic carbocycles. The second-order valence-electron chi connectivity index (χ2n) is 18.3. The zero-order valence-corrected chi connectivity index (χ0v) is 34.6. The van der Waals surface area contributed by atoms with Gasteiger partial charge in [0.25, 0.3) is 0 Å². The number of hydrogen-bond donors (Lipinski definition) is 5. The second-order valence-corrected chi connectivity index (χ2v) is 18.3. The summed E-state index contributed by atoms with van der Waals surface area (Å²) in [6, 6.07) is 11.3. The van der Waals surface area contributed by atoms with E-state index in [-0.39, 0.29) is 43.4 Å². The first kappa shape index (κ1) is 42.3. The van der Waals surface area contributed by atoms with Crippen LogP contribution >= 0.6 is 0 Å². The van der Waals surface area contributed by atoms with E-state index in [2.05, 4.69) is 10.6 Å². The molecule has 15 heteroatoms. The van der Waals surface area contributed by atoms with Gasteiger partial charge < -0.3 is 44.9 Å². The third-order valence-corrected chi connectivity index (χ3v) is 12.6. The lowest BCUT2D eigenvalue weighted by Crippen LogP contribution is -2.71. The lowest BCUT2D eigenvalue weighted by atomic mass is 9.62. The first-order chi connectivity index (χ1) is 28.6. The molecule has 3 aliphatic heterocycles. The summed E-state index contributed by atoms with van der Waals surface area (Å²) in [5, 5.41) is 38.1. The average Bonchev–Trinajstić information content (AvgIpc) is 4.15. The van der Waals surface area contributed by atoms with Crippen molar-refractivity contribution in [2.75, 3.05) is 6.61 Å². The van der Waals surface area contributed by atoms with Gasteiger partial charge in [-0.1, -0.05) is 54.6 Å². The monoisotopic (exact) mass is 831 g/mol. The van der Waals surface area contributed by atoms with Crippen molar-refractivity contribution in [1.29, 1.82) is 0 Å². The summed E-state index contributed by atoms with van der Waals surface area (Å²) in [4.78, 5) is 62.1. The maximum atomic E-state index is 15.0. The number of phenols is 1. The Morgan fingerprint density at radius 1 is 1.00 bits per heavy atom. The standard InChI is InChI=1S/C45H57N3O12/c1-25(50)35(40(53)46-31(24-49)20-21-34(52)57-43(2,3)4)47-42(55)44-22-33-36-37(59-45(58-36,29-16-17-29)30-18-19-30)39(44)60-48(38(44)41(54)56-33)23-27-14-12-26(13-15-27)8-7-10-28-9-5-6-11-32(28)51/h5-9,11-15,25,29-31,33,35-39,49-51H,10,16-24H2,1-4H3,(H,46,53)(H,47,55)/t25-,31-,33+,35+,36-,37-,38-,39+,44-/m0/s1. The van der Waals surface area contributed by atoms with Crippen molar-refractivity contribution in [3.63, 3.8) is 0 Å². The molecule has 3 saturated heterocycles. The molecule has 6 aliphatic rings. The van der Waals surface area contributed by atoms with Crippen LogP contribution in [0.15, 0.2) is 54.6 Å². The van der Waals surface area contributed by atoms with Gasteiger partial charge in [0.05, 0.1) is 25.3 Å². The molecule has 2 bridgehead atoms. The van der Waals surface area contributed by atoms with Crippen molar-refractivity contribution in [2.24, 2.45) is 17.3 Å². The summed E-state index contributed by atoms with van der Waals surface area (Å²) in [6.45, 7) is 6.19. The van der Waals surface area contributed by atoms with E-state index in [4.69, 9.17) is 23.8 Å². The molecule has 9 atom stereocenters. The van der Waals surface area contributed by atoms with Crippen LogP contribution in [0.4, 0.5) is 0 Å². The fraction of sp³-hybridized carbons (Fsp3) is 0.600. The summed E-state index contributed by atoms with van der Waals surface area (Å²) in [6.07, 6.45) is 3.64. The molecule has 5 N–H and O–H groups in total. The average molecular weight is 832 g/mol. The Morgan fingerprint density at radius 2 is 1.68 bits per heavy atom. The molecule has 0 aromatic heterocycles. The number of aromatic hydroxyl groups is 1. The molecule has 2 amide bonds. The van der Waals surface area contributed by atoms with E-state index in [1.807, 2.05) is 48.6 Å². The van der Waals surface area contributed by atoms with Crippen molar-refractivity contribution < 1.29 is 58.3 Å². The van der Waals surface area contributed by atoms with E-state index >= 15 is 4.79 Å². The minimum atomic E-state index is -1.60. The number of hydroxylamine groups is 2. The number of nitrogens with zero attached hydrogens (tertiary/aromatic N) is 1. The number of carbonyl (C=O) groups excluding carboxylic acids is 4. The summed E-state index contributed by atoms with van der Waals surface area (Å²) in [7, 11) is 0. The second kappa shape index (κ2) is 16.5. The number of carbonyl (C=O) groups is 4. The molecule has 3 heterocycles. The Bertz CT molecular complexity index is 1960. The highest BCUT2D eigenvalue weighted by atomic mass is 16.8. The Hall–Kier alpha value is -4.38. The maximum absolute atomic E-state index is 15.0. The maximum Gasteiger partial charge on any atom is 0.327 e. The number of aliphatic hydroxyl groups excluding tert-OH is 2. The molecule has 324 valence electrons. The summed E-state index contributed by atoms with van der Waals surface area (Å²) < 4.78 is 25.2. The quantitative estimate of drug-likeness (QED) is 0.155. The van der Waals surface area contributed by atoms with Crippen LogP contribution < -0.4 is 10.6 Å². The number of phenolic OH excluding ortho intramolecular Hbond substituents is 1. The number of aliphatic hydroxyl groups is 2. The van der Waals surface area contributed by atoms with Gasteiger partial charge in [0.1, 0.15) is 47.2 Å². The van der Waals surface area contributed by atoms with E-state index < -0.39 is 95.8 Å². The lowest BCUT2D eigenvalue weighted by Gasteiger charge is -2.49. The number of para-hydroxylation sites is 1. The zero-order chi connectivity index (χ0) is 42.6. The van der Waals surface area contributed by atoms with E-state index in [0.29, 0.717) is 6.42 Å². The highest BCUT2D eigenvalue weighted by Gasteiger charge is 2.78. The molecule has 60 heavy (non-hydrogen) atoms. The van der Waals surface area contributed by atoms with Gasteiger partial charge in [0.2, 0.25) is 11.8 Å². The highest BCUT2D eigenvalue weighted by Crippen LogP contribution is 2.63. The third-order valence-electron chi connectivity index (χ3n) is 12.6. The molecule has 0 unspecified atom stereocenters. The van der Waals surface area contributed by atoms with Crippen LogP contribution in [-0.4, -0.2) is 111 Å². The Morgan fingerprint density at radius 3 is 2.32 bits per heavy atom. The fourth-order valence-corrected chi connectivity index (χ4v) is 9.45. The van der Waals surface area contributed by atoms with Crippen LogP contribution in [0.5, 0.6) is 5.75 Å². The van der Waals surface area contributed by atoms with E-state index in [9.17, 15) is 29.7 Å². The molecule has 8 rings (SSSR count). The van der Waals surface area contributed by atoms with Crippen molar-refractivity contribution in [1.82, 2.24) is 15.7 Å². The number of esters is 2. The van der Waals surface area contributed by atoms with Gasteiger partial charge in [-0.05, 0) is 89.0 Å². The lowest BCUT2D eigenvalue weighted by molar-refractivity contribution is -0.235. The molecule has 0 radical (unpaired) electrons. The third kappa shape index (κ3) is 8.32. The summed E-state index contributed by atoms with van der Waals surface area (Å²) >= 11 is 0. The zero-order valence-electron chi connectivity index (χ0n) is 34.6. The van der Waals surface area contributed by atoms with E-state index in [1.54, 1.807) is 32.9 Å². The van der Waals surface area contributed by atoms with E-state index in [0.717, 1.165) is 42.4 Å². The molecular weight excluding hydrogens is 775 g/mol. The topological polar surface area (TPSA) is 202 Å². The van der Waals surface area contributed by atoms with Gasteiger partial charge in [-0.3, -0.25) is 24.0 Å². The minimum absolute atomic E-state index is 0.0380. The van der Waals surface area contributed by atoms with Crippen LogP contribution in [0.2, 0.25) is 0 Å². The number of rotatable bonds is 16. The Balaban J connectivity index is 1.03. The van der Waals surface area contributed by atoms with Gasteiger partial charge in [0, 0.05) is 24.7 Å². The fourth-order valence-electron chi connectivity index (χ4n) is 9.45. The largest absolute Gasteiger partial charge is 0.508 e. The smallest absolute Gasteiger partial charge is 0.327 e. The molecule has 2 aromatic rings. The summed E-state index contributed by atoms with van der Waals surface area (Å²) in [5.41, 5.74) is 0.231. The molecule has 0 spiro atoms. The Labute approximate surface area is 349 Å². The molecular formula is C45H57N3O12. The first-order valence-corrected chi connectivity index (χ1v) is 21.3. The van der Waals surface area contributed by atoms with Crippen molar-refractivity contribution in [3.05, 3.63) is 71.3 Å². The number of fused-ring (bicyclic) bond motifs is 4. The molecule has 6 fully saturated rings. The van der Waals surface area contributed by atoms with Crippen LogP contribution in [-0.2, 0) is 55.9 Å². The number of benzene rings is 2.